The first-order valence-corrected chi connectivity index (χ1v) is 5.22. The lowest BCUT2D eigenvalue weighted by Gasteiger charge is -2.18. The van der Waals surface area contributed by atoms with E-state index in [0.29, 0.717) is 12.1 Å². The molecule has 4 heteroatoms. The summed E-state index contributed by atoms with van der Waals surface area (Å²) in [4.78, 5) is 11.5. The second kappa shape index (κ2) is 3.71. The Morgan fingerprint density at radius 3 is 3.00 bits per heavy atom. The third-order valence-corrected chi connectivity index (χ3v) is 3.05. The van der Waals surface area contributed by atoms with Crippen LogP contribution in [0.15, 0.2) is 16.6 Å². The van der Waals surface area contributed by atoms with E-state index >= 15 is 0 Å². The summed E-state index contributed by atoms with van der Waals surface area (Å²) in [6.45, 7) is 0.641. The van der Waals surface area contributed by atoms with E-state index in [1.165, 1.54) is 0 Å². The summed E-state index contributed by atoms with van der Waals surface area (Å²) in [5, 5.41) is 11.8. The molecular weight excluding hydrogens is 246 g/mol. The lowest BCUT2D eigenvalue weighted by Crippen LogP contribution is -2.32. The van der Waals surface area contributed by atoms with Crippen LogP contribution in [0.5, 0.6) is 0 Å². The molecule has 0 unspecified atom stereocenters. The van der Waals surface area contributed by atoms with Crippen molar-refractivity contribution < 1.29 is 9.90 Å². The van der Waals surface area contributed by atoms with Gasteiger partial charge in [0, 0.05) is 16.6 Å². The number of hydrogen-bond donors (Lipinski definition) is 2. The van der Waals surface area contributed by atoms with Crippen LogP contribution in [0.3, 0.4) is 0 Å². The molecule has 14 heavy (non-hydrogen) atoms. The summed E-state index contributed by atoms with van der Waals surface area (Å²) in [6, 6.07) is 3.60. The maximum absolute atomic E-state index is 11.5. The van der Waals surface area contributed by atoms with Crippen molar-refractivity contribution in [1.29, 1.82) is 0 Å². The van der Waals surface area contributed by atoms with Crippen LogP contribution < -0.4 is 5.32 Å². The van der Waals surface area contributed by atoms with Crippen molar-refractivity contribution in [1.82, 2.24) is 5.32 Å². The van der Waals surface area contributed by atoms with Crippen molar-refractivity contribution in [2.45, 2.75) is 13.0 Å². The van der Waals surface area contributed by atoms with Gasteiger partial charge in [-0.2, -0.15) is 0 Å². The Kier molecular flexibility index (Phi) is 2.56. The zero-order chi connectivity index (χ0) is 10.1. The van der Waals surface area contributed by atoms with Gasteiger partial charge in [0.2, 0.25) is 0 Å². The number of amides is 1. The molecule has 2 N–H and O–H groups in total. The number of rotatable bonds is 1. The smallest absolute Gasteiger partial charge is 0.251 e. The predicted molar refractivity (Wildman–Crippen MR) is 56.1 cm³/mol. The number of aliphatic hydroxyl groups excluding tert-OH is 1. The molecule has 74 valence electrons. The summed E-state index contributed by atoms with van der Waals surface area (Å²) in [7, 11) is 0. The van der Waals surface area contributed by atoms with E-state index in [2.05, 4.69) is 21.2 Å². The number of carbonyl (C=O) groups excluding carboxylic acids is 1. The van der Waals surface area contributed by atoms with Crippen molar-refractivity contribution in [3.05, 3.63) is 33.3 Å². The Balaban J connectivity index is 2.57. The van der Waals surface area contributed by atoms with Gasteiger partial charge < -0.3 is 10.4 Å². The van der Waals surface area contributed by atoms with Gasteiger partial charge in [0.15, 0.2) is 0 Å². The van der Waals surface area contributed by atoms with Crippen LogP contribution in [0, 0.1) is 0 Å². The Morgan fingerprint density at radius 1 is 1.50 bits per heavy atom. The van der Waals surface area contributed by atoms with Crippen molar-refractivity contribution in [3.63, 3.8) is 0 Å². The number of aliphatic hydroxyl groups is 1. The van der Waals surface area contributed by atoms with Crippen molar-refractivity contribution in [2.24, 2.45) is 0 Å². The quantitative estimate of drug-likeness (QED) is 0.793. The molecule has 0 bridgehead atoms. The first-order valence-electron chi connectivity index (χ1n) is 4.42. The van der Waals surface area contributed by atoms with Crippen molar-refractivity contribution >= 4 is 21.8 Å². The minimum absolute atomic E-state index is 0.0425. The summed E-state index contributed by atoms with van der Waals surface area (Å²) >= 11 is 3.41. The minimum Gasteiger partial charge on any atom is -0.392 e. The van der Waals surface area contributed by atoms with E-state index in [-0.39, 0.29) is 12.5 Å². The summed E-state index contributed by atoms with van der Waals surface area (Å²) in [5.74, 6) is -0.0535. The number of fused-ring (bicyclic) bond motifs is 1. The van der Waals surface area contributed by atoms with Crippen LogP contribution in [0.2, 0.25) is 0 Å². The molecule has 1 aliphatic rings. The predicted octanol–water partition coefficient (Wildman–Crippen LogP) is 1.23. The van der Waals surface area contributed by atoms with Crippen LogP contribution in [-0.4, -0.2) is 17.6 Å². The molecule has 1 aromatic carbocycles. The second-order valence-corrected chi connectivity index (χ2v) is 4.12. The van der Waals surface area contributed by atoms with Gasteiger partial charge in [0.1, 0.15) is 0 Å². The minimum atomic E-state index is -0.0535. The number of halogens is 1. The molecule has 1 amide bonds. The molecule has 0 radical (unpaired) electrons. The third kappa shape index (κ3) is 1.55. The van der Waals surface area contributed by atoms with E-state index in [4.69, 9.17) is 5.11 Å². The first kappa shape index (κ1) is 9.68. The average molecular weight is 256 g/mol. The lowest BCUT2D eigenvalue weighted by atomic mass is 9.98. The Bertz CT molecular complexity index is 390. The van der Waals surface area contributed by atoms with Gasteiger partial charge in [0.05, 0.1) is 6.61 Å². The molecular formula is C10H10BrNO2. The largest absolute Gasteiger partial charge is 0.392 e. The third-order valence-electron chi connectivity index (χ3n) is 2.34. The molecule has 0 spiro atoms. The van der Waals surface area contributed by atoms with Gasteiger partial charge in [-0.25, -0.2) is 0 Å². The molecule has 0 saturated carbocycles. The van der Waals surface area contributed by atoms with Gasteiger partial charge in [-0.05, 0) is 29.7 Å². The zero-order valence-electron chi connectivity index (χ0n) is 7.51. The maximum Gasteiger partial charge on any atom is 0.251 e. The second-order valence-electron chi connectivity index (χ2n) is 3.27. The maximum atomic E-state index is 11.5. The average Bonchev–Trinajstić information content (AvgIpc) is 2.19. The fraction of sp³-hybridized carbons (Fsp3) is 0.300. The SMILES string of the molecule is O=C1NCCc2c(Br)cc(CO)cc21. The highest BCUT2D eigenvalue weighted by molar-refractivity contribution is 9.10. The lowest BCUT2D eigenvalue weighted by molar-refractivity contribution is 0.0945. The first-order chi connectivity index (χ1) is 6.72. The van der Waals surface area contributed by atoms with Crippen molar-refractivity contribution in [3.8, 4) is 0 Å². The molecule has 0 fully saturated rings. The van der Waals surface area contributed by atoms with E-state index < -0.39 is 0 Å². The summed E-state index contributed by atoms with van der Waals surface area (Å²) < 4.78 is 0.911. The molecule has 0 saturated heterocycles. The molecule has 0 aliphatic carbocycles. The van der Waals surface area contributed by atoms with E-state index in [1.54, 1.807) is 6.07 Å². The molecule has 0 atom stereocenters. The standard InChI is InChI=1S/C10H10BrNO2/c11-9-4-6(5-13)3-8-7(9)1-2-12-10(8)14/h3-4,13H,1-2,5H2,(H,12,14). The normalized spacial score (nSPS) is 14.9. The summed E-state index contributed by atoms with van der Waals surface area (Å²) in [5.41, 5.74) is 2.47. The molecule has 1 heterocycles. The van der Waals surface area contributed by atoms with Gasteiger partial charge in [-0.15, -0.1) is 0 Å². The van der Waals surface area contributed by atoms with E-state index in [0.717, 1.165) is 22.0 Å². The highest BCUT2D eigenvalue weighted by Crippen LogP contribution is 2.25. The van der Waals surface area contributed by atoms with Gasteiger partial charge in [-0.1, -0.05) is 15.9 Å². The number of hydrogen-bond acceptors (Lipinski definition) is 2. The van der Waals surface area contributed by atoms with E-state index in [9.17, 15) is 4.79 Å². The van der Waals surface area contributed by atoms with Crippen LogP contribution in [0.4, 0.5) is 0 Å². The molecule has 2 rings (SSSR count). The highest BCUT2D eigenvalue weighted by Gasteiger charge is 2.19. The molecule has 1 aromatic rings. The fourth-order valence-electron chi connectivity index (χ4n) is 1.64. The number of carbonyl (C=O) groups is 1. The fourth-order valence-corrected chi connectivity index (χ4v) is 2.34. The van der Waals surface area contributed by atoms with Crippen LogP contribution in [0.1, 0.15) is 21.5 Å². The van der Waals surface area contributed by atoms with Gasteiger partial charge in [-0.3, -0.25) is 4.79 Å². The van der Waals surface area contributed by atoms with Crippen molar-refractivity contribution in [2.75, 3.05) is 6.54 Å². The monoisotopic (exact) mass is 255 g/mol. The van der Waals surface area contributed by atoms with Crippen LogP contribution in [-0.2, 0) is 13.0 Å². The molecule has 0 aromatic heterocycles. The van der Waals surface area contributed by atoms with E-state index in [1.807, 2.05) is 6.07 Å². The Morgan fingerprint density at radius 2 is 2.29 bits per heavy atom. The van der Waals surface area contributed by atoms with Crippen LogP contribution >= 0.6 is 15.9 Å². The highest BCUT2D eigenvalue weighted by atomic mass is 79.9. The number of nitrogens with one attached hydrogen (secondary N) is 1. The summed E-state index contributed by atoms with van der Waals surface area (Å²) in [6.07, 6.45) is 0.841. The number of benzene rings is 1. The Labute approximate surface area is 90.3 Å². The topological polar surface area (TPSA) is 49.3 Å². The van der Waals surface area contributed by atoms with Gasteiger partial charge in [0.25, 0.3) is 5.91 Å². The van der Waals surface area contributed by atoms with Gasteiger partial charge >= 0.3 is 0 Å². The zero-order valence-corrected chi connectivity index (χ0v) is 9.10. The molecule has 3 nitrogen and oxygen atoms in total. The van der Waals surface area contributed by atoms with Crippen LogP contribution in [0.25, 0.3) is 0 Å². The molecule has 1 aliphatic heterocycles. The Hall–Kier alpha value is -0.870.